The largest absolute Gasteiger partial charge is 0.290 e. The third-order valence-corrected chi connectivity index (χ3v) is 4.10. The zero-order valence-corrected chi connectivity index (χ0v) is 14.7. The first-order valence-electron chi connectivity index (χ1n) is 7.71. The Labute approximate surface area is 149 Å². The molecule has 0 aliphatic carbocycles. The van der Waals surface area contributed by atoms with Gasteiger partial charge in [0.05, 0.1) is 16.3 Å². The van der Waals surface area contributed by atoms with E-state index in [1.807, 2.05) is 43.5 Å². The molecule has 0 radical (unpaired) electrons. The van der Waals surface area contributed by atoms with Crippen LogP contribution in [-0.2, 0) is 0 Å². The first kappa shape index (κ1) is 17.0. The van der Waals surface area contributed by atoms with Crippen molar-refractivity contribution in [3.8, 4) is 0 Å². The van der Waals surface area contributed by atoms with E-state index in [-0.39, 0.29) is 16.6 Å². The molecule has 8 heteroatoms. The van der Waals surface area contributed by atoms with Crippen LogP contribution < -0.4 is 0 Å². The summed E-state index contributed by atoms with van der Waals surface area (Å²) in [7, 11) is 0. The van der Waals surface area contributed by atoms with Gasteiger partial charge in [0.1, 0.15) is 10.7 Å². The minimum absolute atomic E-state index is 0.0669. The summed E-state index contributed by atoms with van der Waals surface area (Å²) >= 11 is 5.83. The summed E-state index contributed by atoms with van der Waals surface area (Å²) < 4.78 is 1.87. The first-order chi connectivity index (χ1) is 11.9. The highest BCUT2D eigenvalue weighted by atomic mass is 35.5. The lowest BCUT2D eigenvalue weighted by Crippen LogP contribution is -1.88. The van der Waals surface area contributed by atoms with Gasteiger partial charge < -0.3 is 0 Å². The van der Waals surface area contributed by atoms with Gasteiger partial charge in [0.2, 0.25) is 0 Å². The Morgan fingerprint density at radius 3 is 2.72 bits per heavy atom. The minimum Gasteiger partial charge on any atom is -0.283 e. The number of rotatable bonds is 4. The lowest BCUT2D eigenvalue weighted by atomic mass is 10.1. The number of hydrogen-bond donors (Lipinski definition) is 0. The van der Waals surface area contributed by atoms with Crippen molar-refractivity contribution in [1.82, 2.24) is 9.38 Å². The Bertz CT molecular complexity index is 994. The second-order valence-electron chi connectivity index (χ2n) is 5.95. The van der Waals surface area contributed by atoms with Crippen molar-refractivity contribution in [3.05, 3.63) is 62.9 Å². The standard InChI is InChI=1S/C17H16ClN5O2/c1-10(2)15-17(22-8-4-5-11(3)16(22)19-15)21-20-12-6-7-13(18)14(9-12)23(24)25/h4-10H,1-3H3. The molecule has 3 aromatic rings. The molecule has 0 unspecified atom stereocenters. The Hall–Kier alpha value is -2.80. The fraction of sp³-hybridized carbons (Fsp3) is 0.235. The molecule has 0 saturated carbocycles. The van der Waals surface area contributed by atoms with E-state index < -0.39 is 4.92 Å². The number of pyridine rings is 1. The van der Waals surface area contributed by atoms with E-state index >= 15 is 0 Å². The molecule has 0 aliphatic rings. The van der Waals surface area contributed by atoms with Crippen LogP contribution in [-0.4, -0.2) is 14.3 Å². The maximum atomic E-state index is 11.0. The maximum absolute atomic E-state index is 11.0. The van der Waals surface area contributed by atoms with Crippen LogP contribution in [0.2, 0.25) is 5.02 Å². The van der Waals surface area contributed by atoms with E-state index in [2.05, 4.69) is 15.2 Å². The monoisotopic (exact) mass is 357 g/mol. The van der Waals surface area contributed by atoms with Gasteiger partial charge in [0.25, 0.3) is 5.69 Å². The molecule has 128 valence electrons. The predicted molar refractivity (Wildman–Crippen MR) is 96.3 cm³/mol. The Morgan fingerprint density at radius 1 is 1.28 bits per heavy atom. The van der Waals surface area contributed by atoms with E-state index in [0.29, 0.717) is 11.5 Å². The number of fused-ring (bicyclic) bond motifs is 1. The number of aryl methyl sites for hydroxylation is 1. The molecule has 25 heavy (non-hydrogen) atoms. The number of halogens is 1. The number of aromatic nitrogens is 2. The molecule has 0 aliphatic heterocycles. The van der Waals surface area contributed by atoms with Gasteiger partial charge in [0, 0.05) is 12.3 Å². The Kier molecular flexibility index (Phi) is 4.50. The van der Waals surface area contributed by atoms with Crippen LogP contribution in [0.5, 0.6) is 0 Å². The van der Waals surface area contributed by atoms with E-state index in [1.54, 1.807) is 6.07 Å². The van der Waals surface area contributed by atoms with E-state index in [9.17, 15) is 10.1 Å². The van der Waals surface area contributed by atoms with Gasteiger partial charge in [0.15, 0.2) is 5.82 Å². The van der Waals surface area contributed by atoms with Crippen LogP contribution >= 0.6 is 11.6 Å². The number of nitro benzene ring substituents is 1. The van der Waals surface area contributed by atoms with Crippen molar-refractivity contribution in [3.63, 3.8) is 0 Å². The summed E-state index contributed by atoms with van der Waals surface area (Å²) in [6.45, 7) is 6.04. The smallest absolute Gasteiger partial charge is 0.283 e. The molecule has 0 spiro atoms. The second-order valence-corrected chi connectivity index (χ2v) is 6.36. The maximum Gasteiger partial charge on any atom is 0.290 e. The van der Waals surface area contributed by atoms with Gasteiger partial charge in [-0.1, -0.05) is 31.5 Å². The number of imidazole rings is 1. The lowest BCUT2D eigenvalue weighted by Gasteiger charge is -2.02. The number of benzene rings is 1. The molecule has 2 aromatic heterocycles. The molecule has 0 N–H and O–H groups in total. The summed E-state index contributed by atoms with van der Waals surface area (Å²) in [5.74, 6) is 0.777. The third-order valence-electron chi connectivity index (χ3n) is 3.78. The highest BCUT2D eigenvalue weighted by Crippen LogP contribution is 2.32. The number of nitrogens with zero attached hydrogens (tertiary/aromatic N) is 5. The van der Waals surface area contributed by atoms with Crippen molar-refractivity contribution in [2.24, 2.45) is 10.2 Å². The quantitative estimate of drug-likeness (QED) is 0.339. The highest BCUT2D eigenvalue weighted by Gasteiger charge is 2.17. The second kappa shape index (κ2) is 6.60. The van der Waals surface area contributed by atoms with E-state index in [4.69, 9.17) is 11.6 Å². The normalized spacial score (nSPS) is 11.7. The minimum atomic E-state index is -0.543. The number of hydrogen-bond acceptors (Lipinski definition) is 5. The van der Waals surface area contributed by atoms with Gasteiger partial charge in [-0.15, -0.1) is 10.2 Å². The van der Waals surface area contributed by atoms with E-state index in [0.717, 1.165) is 16.9 Å². The number of azo groups is 1. The van der Waals surface area contributed by atoms with Gasteiger partial charge in [-0.3, -0.25) is 14.5 Å². The zero-order valence-electron chi connectivity index (χ0n) is 14.0. The van der Waals surface area contributed by atoms with Crippen molar-refractivity contribution in [1.29, 1.82) is 0 Å². The fourth-order valence-corrected chi connectivity index (χ4v) is 2.69. The topological polar surface area (TPSA) is 85.2 Å². The van der Waals surface area contributed by atoms with Crippen molar-refractivity contribution >= 4 is 34.4 Å². The average Bonchev–Trinajstić information content (AvgIpc) is 2.94. The van der Waals surface area contributed by atoms with Gasteiger partial charge in [-0.25, -0.2) is 4.98 Å². The van der Waals surface area contributed by atoms with Gasteiger partial charge in [-0.2, -0.15) is 0 Å². The van der Waals surface area contributed by atoms with Crippen molar-refractivity contribution in [2.75, 3.05) is 0 Å². The Balaban J connectivity index is 2.10. The molecule has 7 nitrogen and oxygen atoms in total. The van der Waals surface area contributed by atoms with Gasteiger partial charge in [-0.05, 0) is 36.6 Å². The number of nitro groups is 1. The Morgan fingerprint density at radius 2 is 2.04 bits per heavy atom. The summed E-state index contributed by atoms with van der Waals surface area (Å²) in [5.41, 5.74) is 2.83. The molecule has 0 bridgehead atoms. The SMILES string of the molecule is Cc1cccn2c(N=Nc3ccc(Cl)c([N+](=O)[O-])c3)c(C(C)C)nc12. The van der Waals surface area contributed by atoms with Crippen LogP contribution in [0.1, 0.15) is 31.0 Å². The predicted octanol–water partition coefficient (Wildman–Crippen LogP) is 5.74. The molecular formula is C17H16ClN5O2. The molecule has 2 heterocycles. The molecule has 0 amide bonds. The van der Waals surface area contributed by atoms with Gasteiger partial charge >= 0.3 is 0 Å². The van der Waals surface area contributed by atoms with Crippen molar-refractivity contribution < 1.29 is 4.92 Å². The van der Waals surface area contributed by atoms with Crippen LogP contribution in [0, 0.1) is 17.0 Å². The summed E-state index contributed by atoms with van der Waals surface area (Å²) in [5, 5.41) is 19.5. The summed E-state index contributed by atoms with van der Waals surface area (Å²) in [6.07, 6.45) is 1.87. The molecular weight excluding hydrogens is 342 g/mol. The van der Waals surface area contributed by atoms with Crippen LogP contribution in [0.15, 0.2) is 46.8 Å². The van der Waals surface area contributed by atoms with E-state index in [1.165, 1.54) is 12.1 Å². The summed E-state index contributed by atoms with van der Waals surface area (Å²) in [6, 6.07) is 8.23. The third kappa shape index (κ3) is 3.23. The van der Waals surface area contributed by atoms with Crippen LogP contribution in [0.3, 0.4) is 0 Å². The molecule has 1 aromatic carbocycles. The lowest BCUT2D eigenvalue weighted by molar-refractivity contribution is -0.384. The molecule has 0 atom stereocenters. The molecule has 0 fully saturated rings. The van der Waals surface area contributed by atoms with Crippen molar-refractivity contribution in [2.45, 2.75) is 26.7 Å². The zero-order chi connectivity index (χ0) is 18.1. The summed E-state index contributed by atoms with van der Waals surface area (Å²) in [4.78, 5) is 15.1. The fourth-order valence-electron chi connectivity index (χ4n) is 2.50. The first-order valence-corrected chi connectivity index (χ1v) is 8.09. The molecule has 3 rings (SSSR count). The van der Waals surface area contributed by atoms with Crippen LogP contribution in [0.4, 0.5) is 17.2 Å². The van der Waals surface area contributed by atoms with Crippen LogP contribution in [0.25, 0.3) is 5.65 Å². The molecule has 0 saturated heterocycles. The average molecular weight is 358 g/mol. The highest BCUT2D eigenvalue weighted by molar-refractivity contribution is 6.32.